The number of carbonyl (C=O) groups excluding carboxylic acids is 1. The van der Waals surface area contributed by atoms with Gasteiger partial charge in [-0.2, -0.15) is 0 Å². The number of nitrogens with zero attached hydrogens (tertiary/aromatic N) is 1. The Morgan fingerprint density at radius 1 is 0.926 bits per heavy atom. The highest BCUT2D eigenvalue weighted by Gasteiger charge is 2.31. The Morgan fingerprint density at radius 2 is 1.67 bits per heavy atom. The first-order valence-corrected chi connectivity index (χ1v) is 10.5. The Morgan fingerprint density at radius 3 is 2.41 bits per heavy atom. The van der Waals surface area contributed by atoms with Gasteiger partial charge in [-0.1, -0.05) is 36.4 Å². The van der Waals surface area contributed by atoms with E-state index in [1.165, 1.54) is 42.4 Å². The fourth-order valence-electron chi connectivity index (χ4n) is 4.39. The molecule has 0 radical (unpaired) electrons. The number of benzene rings is 2. The van der Waals surface area contributed by atoms with Gasteiger partial charge in [0.1, 0.15) is 0 Å². The number of hydrogen-bond donors (Lipinski definition) is 1. The van der Waals surface area contributed by atoms with E-state index in [2.05, 4.69) is 58.7 Å². The molecule has 1 N–H and O–H groups in total. The average molecular weight is 361 g/mol. The minimum absolute atomic E-state index is 0.0160. The molecule has 5 rings (SSSR count). The maximum atomic E-state index is 12.9. The quantitative estimate of drug-likeness (QED) is 0.782. The summed E-state index contributed by atoms with van der Waals surface area (Å²) in [6.07, 6.45) is 7.33. The molecule has 1 amide bonds. The van der Waals surface area contributed by atoms with E-state index in [1.807, 2.05) is 0 Å². The summed E-state index contributed by atoms with van der Waals surface area (Å²) in [5.41, 5.74) is 5.15. The van der Waals surface area contributed by atoms with E-state index < -0.39 is 0 Å². The number of nitrogens with one attached hydrogen (secondary N) is 1. The third kappa shape index (κ3) is 3.93. The van der Waals surface area contributed by atoms with Gasteiger partial charge in [-0.25, -0.2) is 0 Å². The highest BCUT2D eigenvalue weighted by molar-refractivity contribution is 5.95. The lowest BCUT2D eigenvalue weighted by molar-refractivity contribution is -0.120. The van der Waals surface area contributed by atoms with Crippen molar-refractivity contribution in [2.75, 3.05) is 11.9 Å². The molecule has 3 fully saturated rings. The van der Waals surface area contributed by atoms with Crippen LogP contribution < -0.4 is 5.32 Å². The molecule has 1 aliphatic heterocycles. The van der Waals surface area contributed by atoms with E-state index in [0.717, 1.165) is 43.5 Å². The van der Waals surface area contributed by atoms with Crippen molar-refractivity contribution < 1.29 is 4.79 Å². The maximum absolute atomic E-state index is 12.9. The van der Waals surface area contributed by atoms with E-state index in [9.17, 15) is 4.79 Å². The Bertz CT molecular complexity index is 821. The fourth-order valence-corrected chi connectivity index (χ4v) is 4.39. The first-order chi connectivity index (χ1) is 13.3. The van der Waals surface area contributed by atoms with Crippen molar-refractivity contribution in [3.8, 4) is 0 Å². The van der Waals surface area contributed by atoms with Crippen LogP contribution in [0.1, 0.15) is 67.1 Å². The van der Waals surface area contributed by atoms with Gasteiger partial charge in [-0.15, -0.1) is 0 Å². The van der Waals surface area contributed by atoms with Crippen molar-refractivity contribution in [3.05, 3.63) is 65.2 Å². The summed E-state index contributed by atoms with van der Waals surface area (Å²) in [6.45, 7) is 1.88. The lowest BCUT2D eigenvalue weighted by Gasteiger charge is -2.24. The van der Waals surface area contributed by atoms with Gasteiger partial charge in [0.2, 0.25) is 5.91 Å². The predicted octanol–water partition coefficient (Wildman–Crippen LogP) is 5.04. The van der Waals surface area contributed by atoms with Crippen LogP contribution in [0.2, 0.25) is 0 Å². The molecule has 1 heterocycles. The van der Waals surface area contributed by atoms with Crippen LogP contribution in [0.5, 0.6) is 0 Å². The molecule has 2 aromatic carbocycles. The molecule has 27 heavy (non-hydrogen) atoms. The minimum atomic E-state index is -0.0160. The Balaban J connectivity index is 1.23. The molecule has 1 atom stereocenters. The van der Waals surface area contributed by atoms with E-state index >= 15 is 0 Å². The second-order valence-corrected chi connectivity index (χ2v) is 8.53. The van der Waals surface area contributed by atoms with Crippen LogP contribution in [0.25, 0.3) is 0 Å². The molecule has 2 saturated carbocycles. The molecular formula is C24H28N2O. The second kappa shape index (κ2) is 7.12. The van der Waals surface area contributed by atoms with Crippen molar-refractivity contribution in [1.82, 2.24) is 4.90 Å². The van der Waals surface area contributed by atoms with Crippen LogP contribution in [-0.4, -0.2) is 23.4 Å². The zero-order chi connectivity index (χ0) is 18.2. The number of rotatable bonds is 6. The molecule has 3 heteroatoms. The highest BCUT2D eigenvalue weighted by Crippen LogP contribution is 2.41. The van der Waals surface area contributed by atoms with E-state index in [-0.39, 0.29) is 11.9 Å². The molecule has 0 spiro atoms. The second-order valence-electron chi connectivity index (χ2n) is 8.53. The van der Waals surface area contributed by atoms with Crippen LogP contribution >= 0.6 is 0 Å². The van der Waals surface area contributed by atoms with Crippen LogP contribution in [0.4, 0.5) is 5.69 Å². The number of carbonyl (C=O) groups is 1. The van der Waals surface area contributed by atoms with Crippen molar-refractivity contribution in [1.29, 1.82) is 0 Å². The molecule has 1 unspecified atom stereocenters. The van der Waals surface area contributed by atoms with Crippen LogP contribution in [0.15, 0.2) is 48.5 Å². The molecule has 0 bridgehead atoms. The summed E-state index contributed by atoms with van der Waals surface area (Å²) < 4.78 is 0. The van der Waals surface area contributed by atoms with Gasteiger partial charge in [0.05, 0.1) is 6.04 Å². The fraction of sp³-hybridized carbons (Fsp3) is 0.458. The number of anilines is 1. The van der Waals surface area contributed by atoms with Crippen molar-refractivity contribution in [3.63, 3.8) is 0 Å². The molecule has 3 aliphatic rings. The maximum Gasteiger partial charge on any atom is 0.241 e. The van der Waals surface area contributed by atoms with Gasteiger partial charge >= 0.3 is 0 Å². The Labute approximate surface area is 161 Å². The molecule has 140 valence electrons. The summed E-state index contributed by atoms with van der Waals surface area (Å²) in [5.74, 6) is 1.68. The zero-order valence-corrected chi connectivity index (χ0v) is 15.9. The highest BCUT2D eigenvalue weighted by atomic mass is 16.2. The normalized spacial score (nSPS) is 22.7. The van der Waals surface area contributed by atoms with Gasteiger partial charge in [0.15, 0.2) is 0 Å². The lowest BCUT2D eigenvalue weighted by Crippen LogP contribution is -2.39. The van der Waals surface area contributed by atoms with Gasteiger partial charge in [-0.3, -0.25) is 9.69 Å². The smallest absolute Gasteiger partial charge is 0.241 e. The largest absolute Gasteiger partial charge is 0.325 e. The summed E-state index contributed by atoms with van der Waals surface area (Å²) in [4.78, 5) is 15.2. The topological polar surface area (TPSA) is 32.3 Å². The van der Waals surface area contributed by atoms with Crippen molar-refractivity contribution >= 4 is 11.6 Å². The van der Waals surface area contributed by atoms with Gasteiger partial charge in [-0.05, 0) is 85.7 Å². The van der Waals surface area contributed by atoms with Crippen molar-refractivity contribution in [2.24, 2.45) is 0 Å². The molecule has 3 nitrogen and oxygen atoms in total. The molecular weight excluding hydrogens is 332 g/mol. The van der Waals surface area contributed by atoms with E-state index in [4.69, 9.17) is 0 Å². The average Bonchev–Trinajstić information content (AvgIpc) is 3.60. The van der Waals surface area contributed by atoms with Gasteiger partial charge < -0.3 is 5.32 Å². The number of amides is 1. The molecule has 0 aromatic heterocycles. The Hall–Kier alpha value is -2.13. The molecule has 1 saturated heterocycles. The van der Waals surface area contributed by atoms with Gasteiger partial charge in [0.25, 0.3) is 0 Å². The molecule has 2 aliphatic carbocycles. The first kappa shape index (κ1) is 17.0. The summed E-state index contributed by atoms with van der Waals surface area (Å²) >= 11 is 0. The zero-order valence-electron chi connectivity index (χ0n) is 15.9. The van der Waals surface area contributed by atoms with Crippen LogP contribution in [0, 0.1) is 0 Å². The minimum Gasteiger partial charge on any atom is -0.325 e. The van der Waals surface area contributed by atoms with Gasteiger partial charge in [0, 0.05) is 12.2 Å². The summed E-state index contributed by atoms with van der Waals surface area (Å²) in [6, 6.07) is 17.4. The number of hydrogen-bond acceptors (Lipinski definition) is 2. The monoisotopic (exact) mass is 360 g/mol. The SMILES string of the molecule is O=C(Nc1ccc(C2CC2)cc1)C1CCCN1Cc1cccc(C2CC2)c1. The van der Waals surface area contributed by atoms with E-state index in [0.29, 0.717) is 0 Å². The van der Waals surface area contributed by atoms with Crippen LogP contribution in [0.3, 0.4) is 0 Å². The standard InChI is InChI=1S/C24H28N2O/c27-24(25-22-12-10-19(11-13-22)18-6-7-18)23-5-2-14-26(23)16-17-3-1-4-21(15-17)20-8-9-20/h1,3-4,10-13,15,18,20,23H,2,5-9,14,16H2,(H,25,27). The third-order valence-electron chi connectivity index (χ3n) is 6.28. The third-order valence-corrected chi connectivity index (χ3v) is 6.28. The molecule has 2 aromatic rings. The Kier molecular flexibility index (Phi) is 4.48. The lowest BCUT2D eigenvalue weighted by atomic mass is 10.1. The predicted molar refractivity (Wildman–Crippen MR) is 109 cm³/mol. The summed E-state index contributed by atoms with van der Waals surface area (Å²) in [5, 5.41) is 3.15. The summed E-state index contributed by atoms with van der Waals surface area (Å²) in [7, 11) is 0. The first-order valence-electron chi connectivity index (χ1n) is 10.5. The van der Waals surface area contributed by atoms with E-state index in [1.54, 1.807) is 0 Å². The van der Waals surface area contributed by atoms with Crippen LogP contribution in [-0.2, 0) is 11.3 Å². The van der Waals surface area contributed by atoms with Crippen molar-refractivity contribution in [2.45, 2.75) is 62.9 Å². The number of likely N-dealkylation sites (tertiary alicyclic amines) is 1.